The first-order valence-electron chi connectivity index (χ1n) is 18.4. The normalized spacial score (nSPS) is 30.0. The summed E-state index contributed by atoms with van der Waals surface area (Å²) in [7, 11) is 3.92. The number of allylic oxidation sites excluding steroid dienone is 3. The van der Waals surface area contributed by atoms with Crippen LogP contribution in [0.1, 0.15) is 98.3 Å². The lowest BCUT2D eigenvalue weighted by Gasteiger charge is -2.43. The molecule has 0 aromatic heterocycles. The maximum absolute atomic E-state index is 12.8. The van der Waals surface area contributed by atoms with Gasteiger partial charge in [-0.3, -0.25) is 14.4 Å². The number of cyclic esters (lactones) is 1. The molecule has 2 saturated heterocycles. The third-order valence-corrected chi connectivity index (χ3v) is 13.1. The molecule has 4 rings (SSSR count). The Morgan fingerprint density at radius 3 is 2.67 bits per heavy atom. The number of fused-ring (bicyclic) bond motifs is 1. The van der Waals surface area contributed by atoms with Gasteiger partial charge in [0.2, 0.25) is 5.91 Å². The van der Waals surface area contributed by atoms with E-state index in [4.69, 9.17) is 23.7 Å². The predicted octanol–water partition coefficient (Wildman–Crippen LogP) is 7.20. The van der Waals surface area contributed by atoms with Gasteiger partial charge in [-0.25, -0.2) is 4.79 Å². The molecular weight excluding hydrogens is 667 g/mol. The van der Waals surface area contributed by atoms with E-state index in [1.165, 1.54) is 24.2 Å². The van der Waals surface area contributed by atoms with E-state index in [0.717, 1.165) is 37.4 Å². The first-order chi connectivity index (χ1) is 23.6. The molecule has 2 fully saturated rings. The number of unbranched alkanes of at least 4 members (excludes halogenated alkanes) is 1. The second-order valence-corrected chi connectivity index (χ2v) is 16.9. The molecule has 0 bridgehead atoms. The molecule has 9 unspecified atom stereocenters. The zero-order chi connectivity index (χ0) is 35.2. The number of carbonyl (C=O) groups excluding carboxylic acids is 4. The van der Waals surface area contributed by atoms with Crippen LogP contribution < -0.4 is 5.32 Å². The van der Waals surface area contributed by atoms with Gasteiger partial charge in [-0.05, 0) is 68.3 Å². The largest absolute Gasteiger partial charge is 0.508 e. The van der Waals surface area contributed by atoms with Gasteiger partial charge in [0.15, 0.2) is 0 Å². The lowest BCUT2D eigenvalue weighted by Crippen LogP contribution is -2.42. The topological polar surface area (TPSA) is 126 Å². The molecule has 2 heterocycles. The van der Waals surface area contributed by atoms with Crippen molar-refractivity contribution in [2.45, 2.75) is 122 Å². The number of hydrogen-bond acceptors (Lipinski definition) is 11. The van der Waals surface area contributed by atoms with Crippen LogP contribution in [-0.4, -0.2) is 79.7 Å². The zero-order valence-electron chi connectivity index (χ0n) is 29.7. The Kier molecular flexibility index (Phi) is 16.7. The monoisotopic (exact) mass is 723 g/mol. The summed E-state index contributed by atoms with van der Waals surface area (Å²) in [4.78, 5) is 49.7. The van der Waals surface area contributed by atoms with Crippen molar-refractivity contribution in [3.63, 3.8) is 0 Å². The van der Waals surface area contributed by atoms with E-state index in [2.05, 4.69) is 37.4 Å². The summed E-state index contributed by atoms with van der Waals surface area (Å²) in [6.45, 7) is 9.17. The van der Waals surface area contributed by atoms with Crippen LogP contribution in [0.3, 0.4) is 0 Å². The highest BCUT2D eigenvalue weighted by Gasteiger charge is 2.42. The fraction of sp³-hybridized carbons (Fsp3) is 0.784. The van der Waals surface area contributed by atoms with E-state index in [-0.39, 0.29) is 67.4 Å². The Balaban J connectivity index is 1.12. The van der Waals surface area contributed by atoms with E-state index in [0.29, 0.717) is 38.3 Å². The molecule has 1 N–H and O–H groups in total. The number of rotatable bonds is 18. The Morgan fingerprint density at radius 1 is 1.06 bits per heavy atom. The van der Waals surface area contributed by atoms with Crippen molar-refractivity contribution in [2.24, 2.45) is 29.6 Å². The molecule has 1 amide bonds. The van der Waals surface area contributed by atoms with Crippen molar-refractivity contribution >= 4 is 45.6 Å². The molecule has 276 valence electrons. The summed E-state index contributed by atoms with van der Waals surface area (Å²) in [6, 6.07) is 0. The number of nitrogens with one attached hydrogen (secondary N) is 1. The highest BCUT2D eigenvalue weighted by molar-refractivity contribution is 8.77. The Morgan fingerprint density at radius 2 is 1.90 bits per heavy atom. The van der Waals surface area contributed by atoms with Gasteiger partial charge in [-0.2, -0.15) is 0 Å². The number of carbonyl (C=O) groups is 4. The summed E-state index contributed by atoms with van der Waals surface area (Å²) in [5.41, 5.74) is 1.22. The van der Waals surface area contributed by atoms with Crippen molar-refractivity contribution in [2.75, 3.05) is 32.1 Å². The summed E-state index contributed by atoms with van der Waals surface area (Å²) in [5.74, 6) is 1.51. The number of hydrogen-bond donors (Lipinski definition) is 1. The number of esters is 2. The van der Waals surface area contributed by atoms with Gasteiger partial charge in [0.25, 0.3) is 0 Å². The van der Waals surface area contributed by atoms with Gasteiger partial charge in [0, 0.05) is 36.3 Å². The quantitative estimate of drug-likeness (QED) is 0.0668. The zero-order valence-corrected chi connectivity index (χ0v) is 31.4. The molecular formula is C37H57NO9S2. The highest BCUT2D eigenvalue weighted by Crippen LogP contribution is 2.45. The maximum Gasteiger partial charge on any atom is 0.508 e. The standard InChI is InChI=1S/C37H57NO9S2/c1-5-25(3)36(41)47-32-21-24(2)20-27-11-10-26(4)31(35(27)32)13-12-28-22-29(23-34(40)45-28)46-37(42)44-18-17-43-16-15-38-33(39)9-7-6-8-30-14-19-48-49-30/h10-11,20,24-26,28-32,35H,5-9,12-19,21-23H2,1-4H3,(H,38,39). The van der Waals surface area contributed by atoms with Crippen molar-refractivity contribution in [1.82, 2.24) is 5.32 Å². The molecule has 4 aliphatic rings. The van der Waals surface area contributed by atoms with Crippen LogP contribution in [0.4, 0.5) is 4.79 Å². The van der Waals surface area contributed by atoms with Crippen molar-refractivity contribution in [3.05, 3.63) is 23.8 Å². The summed E-state index contributed by atoms with van der Waals surface area (Å²) in [5, 5.41) is 3.60. The Hall–Kier alpha value is -2.18. The van der Waals surface area contributed by atoms with Crippen LogP contribution in [0.15, 0.2) is 23.8 Å². The van der Waals surface area contributed by atoms with Gasteiger partial charge in [0.05, 0.1) is 25.6 Å². The molecule has 10 nitrogen and oxygen atoms in total. The molecule has 49 heavy (non-hydrogen) atoms. The van der Waals surface area contributed by atoms with Crippen LogP contribution in [-0.2, 0) is 38.1 Å². The van der Waals surface area contributed by atoms with Crippen molar-refractivity contribution in [3.8, 4) is 0 Å². The van der Waals surface area contributed by atoms with Gasteiger partial charge in [0.1, 0.15) is 24.9 Å². The molecule has 0 aromatic rings. The minimum atomic E-state index is -0.840. The minimum Gasteiger partial charge on any atom is -0.462 e. The van der Waals surface area contributed by atoms with Crippen molar-refractivity contribution in [1.29, 1.82) is 0 Å². The highest BCUT2D eigenvalue weighted by atomic mass is 33.1. The minimum absolute atomic E-state index is 0.00990. The van der Waals surface area contributed by atoms with Gasteiger partial charge in [-0.15, -0.1) is 0 Å². The average molecular weight is 724 g/mol. The Bertz CT molecular complexity index is 1160. The van der Waals surface area contributed by atoms with Crippen LogP contribution in [0.25, 0.3) is 0 Å². The first-order valence-corrected chi connectivity index (χ1v) is 20.8. The average Bonchev–Trinajstić information content (AvgIpc) is 3.59. The van der Waals surface area contributed by atoms with Crippen LogP contribution >= 0.6 is 21.6 Å². The fourth-order valence-electron chi connectivity index (χ4n) is 7.17. The predicted molar refractivity (Wildman–Crippen MR) is 192 cm³/mol. The lowest BCUT2D eigenvalue weighted by atomic mass is 9.65. The SMILES string of the molecule is CCC(C)C(=O)OC1CC(C)C=C2C=CC(C)C(CCC3CC(OC(=O)OCCOCCNC(=O)CCCCC4CCSS4)CC(=O)O3)C21. The lowest BCUT2D eigenvalue weighted by molar-refractivity contribution is -0.163. The third-order valence-electron chi connectivity index (χ3n) is 10.1. The second-order valence-electron chi connectivity index (χ2n) is 14.1. The smallest absolute Gasteiger partial charge is 0.462 e. The van der Waals surface area contributed by atoms with E-state index in [1.54, 1.807) is 0 Å². The van der Waals surface area contributed by atoms with Gasteiger partial charge < -0.3 is 29.0 Å². The van der Waals surface area contributed by atoms with E-state index >= 15 is 0 Å². The molecule has 0 spiro atoms. The maximum atomic E-state index is 12.8. The third kappa shape index (κ3) is 13.1. The molecule has 2 aliphatic heterocycles. The summed E-state index contributed by atoms with van der Waals surface area (Å²) < 4.78 is 27.9. The first kappa shape index (κ1) is 39.6. The number of amides is 1. The summed E-state index contributed by atoms with van der Waals surface area (Å²) in [6.07, 6.45) is 13.0. The van der Waals surface area contributed by atoms with E-state index in [1.807, 2.05) is 35.4 Å². The van der Waals surface area contributed by atoms with Crippen molar-refractivity contribution < 1.29 is 42.9 Å². The number of ether oxygens (including phenoxy) is 5. The Labute approximate surface area is 300 Å². The summed E-state index contributed by atoms with van der Waals surface area (Å²) >= 11 is 0. The van der Waals surface area contributed by atoms with Crippen LogP contribution in [0, 0.1) is 29.6 Å². The van der Waals surface area contributed by atoms with E-state index in [9.17, 15) is 19.2 Å². The molecule has 0 radical (unpaired) electrons. The molecule has 0 aromatic carbocycles. The van der Waals surface area contributed by atoms with Crippen LogP contribution in [0.2, 0.25) is 0 Å². The molecule has 12 heteroatoms. The van der Waals surface area contributed by atoms with E-state index < -0.39 is 18.2 Å². The van der Waals surface area contributed by atoms with Gasteiger partial charge in [-0.1, -0.05) is 73.9 Å². The fourth-order valence-corrected chi connectivity index (χ4v) is 10.2. The molecule has 2 aliphatic carbocycles. The van der Waals surface area contributed by atoms with Crippen LogP contribution in [0.5, 0.6) is 0 Å². The molecule has 0 saturated carbocycles. The molecule has 9 atom stereocenters. The second kappa shape index (κ2) is 20.6. The van der Waals surface area contributed by atoms with Gasteiger partial charge >= 0.3 is 18.1 Å².